The van der Waals surface area contributed by atoms with E-state index in [4.69, 9.17) is 11.6 Å². The van der Waals surface area contributed by atoms with E-state index < -0.39 is 0 Å². The Kier molecular flexibility index (Phi) is 3.20. The van der Waals surface area contributed by atoms with Gasteiger partial charge in [-0.05, 0) is 43.5 Å². The van der Waals surface area contributed by atoms with Crippen molar-refractivity contribution in [1.29, 1.82) is 0 Å². The van der Waals surface area contributed by atoms with Gasteiger partial charge in [0, 0.05) is 34.7 Å². The highest BCUT2D eigenvalue weighted by Crippen LogP contribution is 2.41. The van der Waals surface area contributed by atoms with Crippen LogP contribution in [0, 0.1) is 0 Å². The molecule has 0 atom stereocenters. The van der Waals surface area contributed by atoms with Crippen molar-refractivity contribution in [2.45, 2.75) is 24.8 Å². The van der Waals surface area contributed by atoms with Crippen molar-refractivity contribution in [2.75, 3.05) is 0 Å². The standard InChI is InChI=1S/C17H17ClN4O/c1-22-10-12(9-19-22)17(5-2-6-17)21-16(23)15-8-11-7-13(18)3-4-14(11)20-15/h3-4,7-10,20H,2,5-6H2,1H3,(H,21,23). The van der Waals surface area contributed by atoms with Crippen molar-refractivity contribution in [3.05, 3.63) is 52.9 Å². The molecule has 1 fully saturated rings. The van der Waals surface area contributed by atoms with E-state index in [1.54, 1.807) is 4.68 Å². The second kappa shape index (κ2) is 5.13. The van der Waals surface area contributed by atoms with E-state index in [0.717, 1.165) is 35.7 Å². The highest BCUT2D eigenvalue weighted by Gasteiger charge is 2.41. The second-order valence-electron chi connectivity index (χ2n) is 6.21. The smallest absolute Gasteiger partial charge is 0.268 e. The van der Waals surface area contributed by atoms with E-state index in [2.05, 4.69) is 15.4 Å². The zero-order valence-corrected chi connectivity index (χ0v) is 13.5. The van der Waals surface area contributed by atoms with Crippen LogP contribution in [0.1, 0.15) is 35.3 Å². The molecular weight excluding hydrogens is 312 g/mol. The summed E-state index contributed by atoms with van der Waals surface area (Å²) in [6.07, 6.45) is 6.80. The lowest BCUT2D eigenvalue weighted by molar-refractivity contribution is 0.0819. The normalized spacial score (nSPS) is 16.3. The summed E-state index contributed by atoms with van der Waals surface area (Å²) in [5.74, 6) is -0.0964. The van der Waals surface area contributed by atoms with Gasteiger partial charge >= 0.3 is 0 Å². The topological polar surface area (TPSA) is 62.7 Å². The van der Waals surface area contributed by atoms with Crippen LogP contribution in [0.3, 0.4) is 0 Å². The van der Waals surface area contributed by atoms with Crippen LogP contribution < -0.4 is 5.32 Å². The number of nitrogens with zero attached hydrogens (tertiary/aromatic N) is 2. The molecule has 2 N–H and O–H groups in total. The molecule has 3 aromatic rings. The average Bonchev–Trinajstić information content (AvgIpc) is 3.08. The van der Waals surface area contributed by atoms with Crippen LogP contribution in [-0.2, 0) is 12.6 Å². The number of fused-ring (bicyclic) bond motifs is 1. The summed E-state index contributed by atoms with van der Waals surface area (Å²) >= 11 is 6.00. The molecule has 1 aliphatic carbocycles. The van der Waals surface area contributed by atoms with Crippen LogP contribution in [0.5, 0.6) is 0 Å². The van der Waals surface area contributed by atoms with Crippen LogP contribution in [0.2, 0.25) is 5.02 Å². The van der Waals surface area contributed by atoms with Gasteiger partial charge in [0.05, 0.1) is 11.7 Å². The van der Waals surface area contributed by atoms with Gasteiger partial charge in [-0.15, -0.1) is 0 Å². The number of aromatic nitrogens is 3. The van der Waals surface area contributed by atoms with Gasteiger partial charge < -0.3 is 10.3 Å². The summed E-state index contributed by atoms with van der Waals surface area (Å²) < 4.78 is 1.77. The summed E-state index contributed by atoms with van der Waals surface area (Å²) in [7, 11) is 1.89. The van der Waals surface area contributed by atoms with E-state index >= 15 is 0 Å². The third-order valence-electron chi connectivity index (χ3n) is 4.64. The molecule has 6 heteroatoms. The maximum Gasteiger partial charge on any atom is 0.268 e. The minimum absolute atomic E-state index is 0.0964. The number of aromatic amines is 1. The van der Waals surface area contributed by atoms with Gasteiger partial charge in [-0.3, -0.25) is 9.48 Å². The largest absolute Gasteiger partial charge is 0.351 e. The molecule has 118 valence electrons. The Labute approximate surface area is 138 Å². The first kappa shape index (κ1) is 14.3. The first-order valence-corrected chi connectivity index (χ1v) is 8.03. The molecule has 2 aromatic heterocycles. The first-order valence-electron chi connectivity index (χ1n) is 7.66. The monoisotopic (exact) mass is 328 g/mol. The van der Waals surface area contributed by atoms with Crippen molar-refractivity contribution in [3.63, 3.8) is 0 Å². The molecule has 0 unspecified atom stereocenters. The summed E-state index contributed by atoms with van der Waals surface area (Å²) in [4.78, 5) is 15.8. The predicted molar refractivity (Wildman–Crippen MR) is 89.5 cm³/mol. The number of carbonyl (C=O) groups excluding carboxylic acids is 1. The van der Waals surface area contributed by atoms with Gasteiger partial charge in [0.25, 0.3) is 5.91 Å². The molecule has 0 spiro atoms. The van der Waals surface area contributed by atoms with E-state index in [9.17, 15) is 4.79 Å². The first-order chi connectivity index (χ1) is 11.1. The number of hydrogen-bond acceptors (Lipinski definition) is 2. The third-order valence-corrected chi connectivity index (χ3v) is 4.88. The lowest BCUT2D eigenvalue weighted by Crippen LogP contribution is -2.50. The Bertz CT molecular complexity index is 891. The average molecular weight is 329 g/mol. The summed E-state index contributed by atoms with van der Waals surface area (Å²) in [5, 5.41) is 9.02. The van der Waals surface area contributed by atoms with E-state index in [1.807, 2.05) is 43.7 Å². The van der Waals surface area contributed by atoms with Crippen molar-refractivity contribution in [3.8, 4) is 0 Å². The van der Waals surface area contributed by atoms with Crippen molar-refractivity contribution in [2.24, 2.45) is 7.05 Å². The molecular formula is C17H17ClN4O. The van der Waals surface area contributed by atoms with Crippen molar-refractivity contribution in [1.82, 2.24) is 20.1 Å². The number of hydrogen-bond donors (Lipinski definition) is 2. The van der Waals surface area contributed by atoms with Crippen LogP contribution in [0.25, 0.3) is 10.9 Å². The molecule has 1 aliphatic rings. The summed E-state index contributed by atoms with van der Waals surface area (Å²) in [5.41, 5.74) is 2.24. The number of aryl methyl sites for hydroxylation is 1. The number of amides is 1. The van der Waals surface area contributed by atoms with Gasteiger partial charge in [0.15, 0.2) is 0 Å². The number of H-pyrrole nitrogens is 1. The Morgan fingerprint density at radius 3 is 2.87 bits per heavy atom. The van der Waals surface area contributed by atoms with Crippen LogP contribution in [-0.4, -0.2) is 20.7 Å². The van der Waals surface area contributed by atoms with E-state index in [1.165, 1.54) is 0 Å². The zero-order chi connectivity index (χ0) is 16.0. The number of carbonyl (C=O) groups is 1. The van der Waals surface area contributed by atoms with E-state index in [-0.39, 0.29) is 11.4 Å². The lowest BCUT2D eigenvalue weighted by Gasteiger charge is -2.41. The molecule has 4 rings (SSSR count). The van der Waals surface area contributed by atoms with Crippen LogP contribution in [0.15, 0.2) is 36.7 Å². The molecule has 2 heterocycles. The molecule has 1 amide bonds. The number of nitrogens with one attached hydrogen (secondary N) is 2. The zero-order valence-electron chi connectivity index (χ0n) is 12.8. The van der Waals surface area contributed by atoms with Gasteiger partial charge in [-0.25, -0.2) is 0 Å². The maximum atomic E-state index is 12.7. The summed E-state index contributed by atoms with van der Waals surface area (Å²) in [6, 6.07) is 7.39. The number of halogens is 1. The predicted octanol–water partition coefficient (Wildman–Crippen LogP) is 3.36. The molecule has 0 aliphatic heterocycles. The Hall–Kier alpha value is -2.27. The van der Waals surface area contributed by atoms with Gasteiger partial charge in [-0.1, -0.05) is 11.6 Å². The lowest BCUT2D eigenvalue weighted by atomic mass is 9.73. The summed E-state index contributed by atoms with van der Waals surface area (Å²) in [6.45, 7) is 0. The van der Waals surface area contributed by atoms with Crippen LogP contribution >= 0.6 is 11.6 Å². The fourth-order valence-electron chi connectivity index (χ4n) is 3.19. The molecule has 0 bridgehead atoms. The molecule has 0 saturated heterocycles. The van der Waals surface area contributed by atoms with Crippen molar-refractivity contribution < 1.29 is 4.79 Å². The van der Waals surface area contributed by atoms with Gasteiger partial charge in [-0.2, -0.15) is 5.10 Å². The quantitative estimate of drug-likeness (QED) is 0.774. The third kappa shape index (κ3) is 2.41. The Morgan fingerprint density at radius 2 is 2.22 bits per heavy atom. The Balaban J connectivity index is 1.63. The SMILES string of the molecule is Cn1cc(C2(NC(=O)c3cc4cc(Cl)ccc4[nH]3)CCC2)cn1. The molecule has 1 aromatic carbocycles. The minimum atomic E-state index is -0.291. The van der Waals surface area contributed by atoms with Crippen molar-refractivity contribution >= 4 is 28.4 Å². The fourth-order valence-corrected chi connectivity index (χ4v) is 3.38. The fraction of sp³-hybridized carbons (Fsp3) is 0.294. The van der Waals surface area contributed by atoms with Gasteiger partial charge in [0.1, 0.15) is 5.69 Å². The van der Waals surface area contributed by atoms with Crippen LogP contribution in [0.4, 0.5) is 0 Å². The highest BCUT2D eigenvalue weighted by molar-refractivity contribution is 6.31. The minimum Gasteiger partial charge on any atom is -0.351 e. The molecule has 0 radical (unpaired) electrons. The van der Waals surface area contributed by atoms with E-state index in [0.29, 0.717) is 10.7 Å². The van der Waals surface area contributed by atoms with Gasteiger partial charge in [0.2, 0.25) is 0 Å². The number of benzene rings is 1. The number of rotatable bonds is 3. The Morgan fingerprint density at radius 1 is 1.39 bits per heavy atom. The molecule has 23 heavy (non-hydrogen) atoms. The highest BCUT2D eigenvalue weighted by atomic mass is 35.5. The molecule has 1 saturated carbocycles. The molecule has 5 nitrogen and oxygen atoms in total. The maximum absolute atomic E-state index is 12.7. The second-order valence-corrected chi connectivity index (χ2v) is 6.64.